The molecule has 0 spiro atoms. The van der Waals surface area contributed by atoms with E-state index in [0.29, 0.717) is 22.4 Å². The molecule has 3 aromatic carbocycles. The Bertz CT molecular complexity index is 1270. The molecule has 0 aliphatic rings. The molecule has 31 heavy (non-hydrogen) atoms. The van der Waals surface area contributed by atoms with Crippen molar-refractivity contribution >= 4 is 50.5 Å². The van der Waals surface area contributed by atoms with E-state index in [2.05, 4.69) is 15.6 Å². The van der Waals surface area contributed by atoms with Gasteiger partial charge in [-0.1, -0.05) is 29.3 Å². The van der Waals surface area contributed by atoms with Crippen molar-refractivity contribution in [3.63, 3.8) is 0 Å². The number of aromatic nitrogens is 1. The van der Waals surface area contributed by atoms with Gasteiger partial charge in [-0.25, -0.2) is 4.98 Å². The molecule has 3 N–H and O–H groups in total. The number of fused-ring (bicyclic) bond motifs is 1. The number of phenolic OH excluding ortho intramolecular Hbond substituents is 1. The van der Waals surface area contributed by atoms with Gasteiger partial charge in [0.2, 0.25) is 0 Å². The first-order valence-electron chi connectivity index (χ1n) is 9.70. The fourth-order valence-electron chi connectivity index (χ4n) is 3.45. The molecule has 0 saturated carbocycles. The van der Waals surface area contributed by atoms with Crippen LogP contribution in [0, 0.1) is 20.8 Å². The predicted octanol–water partition coefficient (Wildman–Crippen LogP) is 5.72. The Hall–Kier alpha value is -3.29. The summed E-state index contributed by atoms with van der Waals surface area (Å²) in [6, 6.07) is 17.1. The van der Waals surface area contributed by atoms with E-state index in [4.69, 9.17) is 12.2 Å². The summed E-state index contributed by atoms with van der Waals surface area (Å²) in [5.41, 5.74) is 5.43. The maximum absolute atomic E-state index is 12.6. The quantitative estimate of drug-likeness (QED) is 0.277. The van der Waals surface area contributed by atoms with E-state index in [1.165, 1.54) is 11.3 Å². The molecule has 0 aliphatic heterocycles. The number of nitrogens with zero attached hydrogens (tertiary/aromatic N) is 1. The van der Waals surface area contributed by atoms with Crippen molar-refractivity contribution in [2.75, 3.05) is 5.32 Å². The first-order chi connectivity index (χ1) is 14.8. The van der Waals surface area contributed by atoms with Gasteiger partial charge in [-0.05, 0) is 75.0 Å². The highest BCUT2D eigenvalue weighted by molar-refractivity contribution is 7.80. The molecule has 7 heteroatoms. The van der Waals surface area contributed by atoms with Crippen LogP contribution in [-0.2, 0) is 0 Å². The normalized spacial score (nSPS) is 10.8. The van der Waals surface area contributed by atoms with Crippen LogP contribution in [0.4, 0.5) is 5.69 Å². The van der Waals surface area contributed by atoms with Gasteiger partial charge in [-0.3, -0.25) is 10.1 Å². The topological polar surface area (TPSA) is 74.2 Å². The van der Waals surface area contributed by atoms with Crippen molar-refractivity contribution < 1.29 is 9.90 Å². The molecule has 4 rings (SSSR count). The molecule has 0 saturated heterocycles. The molecular formula is C24H21N3O2S2. The maximum atomic E-state index is 12.6. The zero-order valence-corrected chi connectivity index (χ0v) is 18.9. The second-order valence-corrected chi connectivity index (χ2v) is 8.90. The standard InChI is InChI=1S/C24H21N3O2S2/c1-13-8-14(2)10-16(9-13)22(29)27-24(30)25-17-11-15(3)21(28)18(12-17)23-26-19-6-4-5-7-20(19)31-23/h4-12,28H,1-3H3,(H2,25,27,29,30). The number of benzene rings is 3. The minimum absolute atomic E-state index is 0.176. The number of hydrogen-bond acceptors (Lipinski definition) is 5. The van der Waals surface area contributed by atoms with Crippen molar-refractivity contribution in [1.82, 2.24) is 10.3 Å². The molecule has 1 amide bonds. The van der Waals surface area contributed by atoms with E-state index in [9.17, 15) is 9.90 Å². The van der Waals surface area contributed by atoms with Crippen LogP contribution < -0.4 is 10.6 Å². The second kappa shape index (κ2) is 8.45. The number of carbonyl (C=O) groups excluding carboxylic acids is 1. The average molecular weight is 448 g/mol. The third-order valence-electron chi connectivity index (χ3n) is 4.79. The largest absolute Gasteiger partial charge is 0.507 e. The van der Waals surface area contributed by atoms with Gasteiger partial charge in [0, 0.05) is 11.3 Å². The Morgan fingerprint density at radius 1 is 1.03 bits per heavy atom. The van der Waals surface area contributed by atoms with Gasteiger partial charge in [-0.2, -0.15) is 0 Å². The minimum atomic E-state index is -0.272. The Labute approximate surface area is 189 Å². The van der Waals surface area contributed by atoms with Crippen LogP contribution in [-0.4, -0.2) is 21.1 Å². The van der Waals surface area contributed by atoms with Gasteiger partial charge in [0.15, 0.2) is 5.11 Å². The van der Waals surface area contributed by atoms with Gasteiger partial charge in [-0.15, -0.1) is 11.3 Å². The van der Waals surface area contributed by atoms with Crippen molar-refractivity contribution in [2.45, 2.75) is 20.8 Å². The number of carbonyl (C=O) groups is 1. The smallest absolute Gasteiger partial charge is 0.257 e. The van der Waals surface area contributed by atoms with Gasteiger partial charge >= 0.3 is 0 Å². The highest BCUT2D eigenvalue weighted by Gasteiger charge is 2.15. The lowest BCUT2D eigenvalue weighted by molar-refractivity contribution is 0.0977. The van der Waals surface area contributed by atoms with Gasteiger partial charge in [0.1, 0.15) is 10.8 Å². The van der Waals surface area contributed by atoms with E-state index in [0.717, 1.165) is 26.4 Å². The highest BCUT2D eigenvalue weighted by Crippen LogP contribution is 2.38. The fraction of sp³-hybridized carbons (Fsp3) is 0.125. The summed E-state index contributed by atoms with van der Waals surface area (Å²) in [5, 5.41) is 17.3. The summed E-state index contributed by atoms with van der Waals surface area (Å²) in [7, 11) is 0. The highest BCUT2D eigenvalue weighted by atomic mass is 32.1. The third-order valence-corrected chi connectivity index (χ3v) is 6.07. The van der Waals surface area contributed by atoms with Gasteiger partial charge < -0.3 is 10.4 Å². The molecule has 1 heterocycles. The first kappa shape index (κ1) is 21.0. The Morgan fingerprint density at radius 2 is 1.74 bits per heavy atom. The molecule has 1 aromatic heterocycles. The maximum Gasteiger partial charge on any atom is 0.257 e. The monoisotopic (exact) mass is 447 g/mol. The third kappa shape index (κ3) is 4.57. The molecular weight excluding hydrogens is 426 g/mol. The summed E-state index contributed by atoms with van der Waals surface area (Å²) >= 11 is 6.86. The summed E-state index contributed by atoms with van der Waals surface area (Å²) in [4.78, 5) is 17.2. The number of aromatic hydroxyl groups is 1. The van der Waals surface area contributed by atoms with E-state index < -0.39 is 0 Å². The fourth-order valence-corrected chi connectivity index (χ4v) is 4.64. The average Bonchev–Trinajstić information content (AvgIpc) is 3.13. The van der Waals surface area contributed by atoms with Crippen LogP contribution >= 0.6 is 23.6 Å². The number of para-hydroxylation sites is 1. The van der Waals surface area contributed by atoms with Crippen LogP contribution in [0.2, 0.25) is 0 Å². The number of aryl methyl sites for hydroxylation is 3. The van der Waals surface area contributed by atoms with E-state index in [1.54, 1.807) is 12.1 Å². The molecule has 0 fully saturated rings. The number of nitrogens with one attached hydrogen (secondary N) is 2. The molecule has 0 aliphatic carbocycles. The minimum Gasteiger partial charge on any atom is -0.507 e. The van der Waals surface area contributed by atoms with Crippen LogP contribution in [0.1, 0.15) is 27.0 Å². The lowest BCUT2D eigenvalue weighted by Gasteiger charge is -2.13. The lowest BCUT2D eigenvalue weighted by Crippen LogP contribution is -2.34. The number of rotatable bonds is 3. The van der Waals surface area contributed by atoms with Crippen molar-refractivity contribution in [3.8, 4) is 16.3 Å². The summed E-state index contributed by atoms with van der Waals surface area (Å²) in [6.07, 6.45) is 0. The zero-order chi connectivity index (χ0) is 22.1. The summed E-state index contributed by atoms with van der Waals surface area (Å²) in [6.45, 7) is 5.71. The van der Waals surface area contributed by atoms with Crippen LogP contribution in [0.25, 0.3) is 20.8 Å². The number of amides is 1. The zero-order valence-electron chi connectivity index (χ0n) is 17.3. The van der Waals surface area contributed by atoms with Gasteiger partial charge in [0.25, 0.3) is 5.91 Å². The Balaban J connectivity index is 1.57. The van der Waals surface area contributed by atoms with Crippen molar-refractivity contribution in [3.05, 3.63) is 76.9 Å². The predicted molar refractivity (Wildman–Crippen MR) is 131 cm³/mol. The SMILES string of the molecule is Cc1cc(C)cc(C(=O)NC(=S)Nc2cc(C)c(O)c(-c3nc4ccccc4s3)c2)c1. The second-order valence-electron chi connectivity index (χ2n) is 7.46. The molecule has 4 aromatic rings. The molecule has 0 unspecified atom stereocenters. The Morgan fingerprint density at radius 3 is 2.45 bits per heavy atom. The number of hydrogen-bond donors (Lipinski definition) is 3. The van der Waals surface area contributed by atoms with Crippen molar-refractivity contribution in [2.24, 2.45) is 0 Å². The van der Waals surface area contributed by atoms with E-state index >= 15 is 0 Å². The number of thiocarbonyl (C=S) groups is 1. The first-order valence-corrected chi connectivity index (χ1v) is 10.9. The summed E-state index contributed by atoms with van der Waals surface area (Å²) < 4.78 is 1.05. The lowest BCUT2D eigenvalue weighted by atomic mass is 10.1. The van der Waals surface area contributed by atoms with Crippen LogP contribution in [0.5, 0.6) is 5.75 Å². The van der Waals surface area contributed by atoms with Crippen LogP contribution in [0.15, 0.2) is 54.6 Å². The molecule has 156 valence electrons. The molecule has 0 atom stereocenters. The molecule has 5 nitrogen and oxygen atoms in total. The number of anilines is 1. The summed E-state index contributed by atoms with van der Waals surface area (Å²) in [5.74, 6) is -0.0963. The number of thiazole rings is 1. The van der Waals surface area contributed by atoms with Crippen molar-refractivity contribution in [1.29, 1.82) is 0 Å². The van der Waals surface area contributed by atoms with Crippen LogP contribution in [0.3, 0.4) is 0 Å². The Kier molecular flexibility index (Phi) is 5.71. The van der Waals surface area contributed by atoms with Gasteiger partial charge in [0.05, 0.1) is 15.8 Å². The number of phenols is 1. The molecule has 0 bridgehead atoms. The van der Waals surface area contributed by atoms with E-state index in [-0.39, 0.29) is 16.8 Å². The van der Waals surface area contributed by atoms with E-state index in [1.807, 2.05) is 63.2 Å². The molecule has 0 radical (unpaired) electrons.